The molecule has 0 aliphatic heterocycles. The van der Waals surface area contributed by atoms with E-state index in [1.54, 1.807) is 12.1 Å². The second kappa shape index (κ2) is 8.86. The minimum absolute atomic E-state index is 0.0335. The lowest BCUT2D eigenvalue weighted by atomic mass is 10.1. The first-order chi connectivity index (χ1) is 12.3. The molecular weight excluding hydrogens is 360 g/mol. The first-order valence-electron chi connectivity index (χ1n) is 7.87. The minimum Gasteiger partial charge on any atom is -0.394 e. The van der Waals surface area contributed by atoms with E-state index in [1.165, 1.54) is 18.2 Å². The average Bonchev–Trinajstić information content (AvgIpc) is 2.63. The molecule has 0 fully saturated rings. The van der Waals surface area contributed by atoms with Gasteiger partial charge in [0.05, 0.1) is 24.2 Å². The Balaban J connectivity index is 2.21. The smallest absolute Gasteiger partial charge is 0.289 e. The molecule has 2 aromatic rings. The molecule has 140 valence electrons. The van der Waals surface area contributed by atoms with E-state index in [0.29, 0.717) is 0 Å². The molecule has 2 N–H and O–H groups in total. The fraction of sp³-hybridized carbons (Fsp3) is 0.294. The molecule has 0 aliphatic rings. The lowest BCUT2D eigenvalue weighted by molar-refractivity contribution is -0.387. The molecule has 9 heteroatoms. The van der Waals surface area contributed by atoms with Crippen molar-refractivity contribution in [3.05, 3.63) is 69.8 Å². The van der Waals surface area contributed by atoms with Crippen LogP contribution in [0, 0.1) is 17.0 Å². The summed E-state index contributed by atoms with van der Waals surface area (Å²) in [5.74, 6) is 0. The van der Waals surface area contributed by atoms with Crippen LogP contribution in [0.25, 0.3) is 0 Å². The largest absolute Gasteiger partial charge is 0.394 e. The third-order valence-electron chi connectivity index (χ3n) is 3.67. The maximum Gasteiger partial charge on any atom is 0.289 e. The number of para-hydroxylation sites is 1. The van der Waals surface area contributed by atoms with E-state index in [9.17, 15) is 18.5 Å². The van der Waals surface area contributed by atoms with Gasteiger partial charge in [0, 0.05) is 12.6 Å². The van der Waals surface area contributed by atoms with Gasteiger partial charge in [-0.15, -0.1) is 0 Å². The van der Waals surface area contributed by atoms with Crippen molar-refractivity contribution in [3.63, 3.8) is 0 Å². The summed E-state index contributed by atoms with van der Waals surface area (Å²) in [4.78, 5) is 9.91. The molecule has 0 aromatic heterocycles. The number of nitro groups is 1. The third kappa shape index (κ3) is 5.09. The summed E-state index contributed by atoms with van der Waals surface area (Å²) < 4.78 is 32.9. The van der Waals surface area contributed by atoms with Gasteiger partial charge in [0.25, 0.3) is 5.69 Å². The van der Waals surface area contributed by atoms with Crippen LogP contribution in [0.3, 0.4) is 0 Å². The van der Waals surface area contributed by atoms with Gasteiger partial charge in [0.15, 0.2) is 4.90 Å². The summed E-state index contributed by atoms with van der Waals surface area (Å²) in [5.41, 5.74) is 1.27. The number of aliphatic hydroxyl groups excluding tert-OH is 1. The fourth-order valence-corrected chi connectivity index (χ4v) is 3.55. The second-order valence-corrected chi connectivity index (χ2v) is 7.31. The van der Waals surface area contributed by atoms with Gasteiger partial charge in [-0.2, -0.15) is 0 Å². The van der Waals surface area contributed by atoms with E-state index in [4.69, 9.17) is 9.84 Å². The Labute approximate surface area is 151 Å². The number of nitrogens with one attached hydrogen (secondary N) is 1. The van der Waals surface area contributed by atoms with Crippen molar-refractivity contribution in [2.75, 3.05) is 19.8 Å². The molecule has 0 radical (unpaired) electrons. The van der Waals surface area contributed by atoms with Crippen LogP contribution in [-0.4, -0.2) is 38.2 Å². The molecule has 2 rings (SSSR count). The highest BCUT2D eigenvalue weighted by atomic mass is 32.2. The quantitative estimate of drug-likeness (QED) is 0.507. The number of aliphatic hydroxyl groups is 1. The van der Waals surface area contributed by atoms with Gasteiger partial charge in [0.2, 0.25) is 10.0 Å². The highest BCUT2D eigenvalue weighted by molar-refractivity contribution is 7.89. The summed E-state index contributed by atoms with van der Waals surface area (Å²) >= 11 is 0. The van der Waals surface area contributed by atoms with Crippen LogP contribution in [0.4, 0.5) is 5.69 Å². The molecule has 0 spiro atoms. The fourth-order valence-electron chi connectivity index (χ4n) is 2.35. The number of hydrogen-bond donors (Lipinski definition) is 2. The summed E-state index contributed by atoms with van der Waals surface area (Å²) in [6.07, 6.45) is -0.639. The Bertz CT molecular complexity index is 852. The molecule has 8 nitrogen and oxygen atoms in total. The molecule has 0 saturated heterocycles. The van der Waals surface area contributed by atoms with E-state index in [1.807, 2.05) is 19.1 Å². The van der Waals surface area contributed by atoms with Crippen molar-refractivity contribution in [3.8, 4) is 0 Å². The van der Waals surface area contributed by atoms with Gasteiger partial charge >= 0.3 is 0 Å². The molecule has 0 aliphatic carbocycles. The Kier molecular flexibility index (Phi) is 6.81. The normalized spacial score (nSPS) is 12.7. The molecule has 0 amide bonds. The van der Waals surface area contributed by atoms with E-state index in [-0.39, 0.29) is 19.8 Å². The molecule has 1 unspecified atom stereocenters. The van der Waals surface area contributed by atoms with Crippen LogP contribution in [-0.2, 0) is 14.8 Å². The number of nitrogens with zero attached hydrogens (tertiary/aromatic N) is 1. The third-order valence-corrected chi connectivity index (χ3v) is 5.14. The number of ether oxygens (including phenoxy) is 1. The lowest BCUT2D eigenvalue weighted by Crippen LogP contribution is -2.30. The average molecular weight is 380 g/mol. The Morgan fingerprint density at radius 2 is 1.85 bits per heavy atom. The van der Waals surface area contributed by atoms with Crippen molar-refractivity contribution in [1.82, 2.24) is 4.72 Å². The maximum atomic E-state index is 12.5. The van der Waals surface area contributed by atoms with E-state index >= 15 is 0 Å². The number of aryl methyl sites for hydroxylation is 1. The molecule has 0 heterocycles. The molecule has 0 saturated carbocycles. The van der Waals surface area contributed by atoms with Crippen LogP contribution in [0.2, 0.25) is 0 Å². The summed E-state index contributed by atoms with van der Waals surface area (Å²) in [7, 11) is -4.11. The predicted octanol–water partition coefficient (Wildman–Crippen LogP) is 1.93. The van der Waals surface area contributed by atoms with E-state index in [0.717, 1.165) is 17.2 Å². The van der Waals surface area contributed by atoms with Crippen molar-refractivity contribution in [1.29, 1.82) is 0 Å². The van der Waals surface area contributed by atoms with Crippen LogP contribution in [0.5, 0.6) is 0 Å². The van der Waals surface area contributed by atoms with Crippen LogP contribution >= 0.6 is 0 Å². The Morgan fingerprint density at radius 3 is 2.46 bits per heavy atom. The van der Waals surface area contributed by atoms with Gasteiger partial charge in [0.1, 0.15) is 0 Å². The molecule has 2 aromatic carbocycles. The van der Waals surface area contributed by atoms with Gasteiger partial charge in [-0.1, -0.05) is 42.0 Å². The highest BCUT2D eigenvalue weighted by Gasteiger charge is 2.26. The van der Waals surface area contributed by atoms with Gasteiger partial charge in [-0.3, -0.25) is 10.1 Å². The number of benzene rings is 2. The molecule has 1 atom stereocenters. The standard InChI is InChI=1S/C17H20N2O6S/c1-13-6-8-14(9-7-13)16(25-11-10-20)12-18-26(23,24)17-5-3-2-4-15(17)19(21)22/h2-9,16,18,20H,10-12H2,1H3. The zero-order valence-electron chi connectivity index (χ0n) is 14.2. The van der Waals surface area contributed by atoms with Gasteiger partial charge in [-0.05, 0) is 18.6 Å². The summed E-state index contributed by atoms with van der Waals surface area (Å²) in [5, 5.41) is 20.0. The maximum absolute atomic E-state index is 12.5. The second-order valence-electron chi connectivity index (χ2n) is 5.57. The highest BCUT2D eigenvalue weighted by Crippen LogP contribution is 2.24. The first-order valence-corrected chi connectivity index (χ1v) is 9.35. The number of rotatable bonds is 9. The summed E-state index contributed by atoms with van der Waals surface area (Å²) in [6.45, 7) is 1.62. The van der Waals surface area contributed by atoms with E-state index in [2.05, 4.69) is 4.72 Å². The van der Waals surface area contributed by atoms with Gasteiger partial charge in [-0.25, -0.2) is 13.1 Å². The van der Waals surface area contributed by atoms with Crippen LogP contribution in [0.1, 0.15) is 17.2 Å². The van der Waals surface area contributed by atoms with Crippen molar-refractivity contribution in [2.24, 2.45) is 0 Å². The Morgan fingerprint density at radius 1 is 1.19 bits per heavy atom. The molecule has 0 bridgehead atoms. The van der Waals surface area contributed by atoms with Crippen LogP contribution in [0.15, 0.2) is 53.4 Å². The zero-order valence-corrected chi connectivity index (χ0v) is 15.0. The zero-order chi connectivity index (χ0) is 19.2. The van der Waals surface area contributed by atoms with Crippen LogP contribution < -0.4 is 4.72 Å². The first kappa shape index (κ1) is 20.0. The topological polar surface area (TPSA) is 119 Å². The SMILES string of the molecule is Cc1ccc(C(CNS(=O)(=O)c2ccccc2[N+](=O)[O-])OCCO)cc1. The molecule has 26 heavy (non-hydrogen) atoms. The molecular formula is C17H20N2O6S. The van der Waals surface area contributed by atoms with Crippen molar-refractivity contribution in [2.45, 2.75) is 17.9 Å². The monoisotopic (exact) mass is 380 g/mol. The minimum atomic E-state index is -4.11. The summed E-state index contributed by atoms with van der Waals surface area (Å²) in [6, 6.07) is 12.5. The lowest BCUT2D eigenvalue weighted by Gasteiger charge is -2.19. The van der Waals surface area contributed by atoms with Gasteiger partial charge < -0.3 is 9.84 Å². The van der Waals surface area contributed by atoms with E-state index < -0.39 is 31.6 Å². The number of nitro benzene ring substituents is 1. The Hall–Kier alpha value is -2.33. The number of hydrogen-bond acceptors (Lipinski definition) is 6. The van der Waals surface area contributed by atoms with Crippen molar-refractivity contribution < 1.29 is 23.2 Å². The predicted molar refractivity (Wildman–Crippen MR) is 95.2 cm³/mol. The van der Waals surface area contributed by atoms with Crippen molar-refractivity contribution >= 4 is 15.7 Å². The number of sulfonamides is 1.